The molecular weight excluding hydrogens is 244 g/mol. The summed E-state index contributed by atoms with van der Waals surface area (Å²) in [6.45, 7) is 3.15. The minimum Gasteiger partial charge on any atom is -0.372 e. The third-order valence-corrected chi connectivity index (χ3v) is 2.78. The van der Waals surface area contributed by atoms with E-state index in [9.17, 15) is 4.79 Å². The van der Waals surface area contributed by atoms with Crippen molar-refractivity contribution in [2.75, 3.05) is 0 Å². The van der Waals surface area contributed by atoms with Gasteiger partial charge in [0.25, 0.3) is 0 Å². The lowest BCUT2D eigenvalue weighted by Gasteiger charge is -2.04. The third-order valence-electron chi connectivity index (χ3n) is 2.37. The number of fused-ring (bicyclic) bond motifs is 1. The molecule has 1 heterocycles. The first-order valence-corrected chi connectivity index (χ1v) is 5.48. The summed E-state index contributed by atoms with van der Waals surface area (Å²) < 4.78 is 5.29. The topological polar surface area (TPSA) is 26.3 Å². The van der Waals surface area contributed by atoms with Gasteiger partial charge in [-0.3, -0.25) is 4.79 Å². The first kappa shape index (κ1) is 9.87. The Balaban J connectivity index is 2.33. The van der Waals surface area contributed by atoms with Gasteiger partial charge in [0, 0.05) is 5.56 Å². The standard InChI is InChI=1S/C11H11BrO2/c1-7(12)11(13)8-2-3-9-5-14-6-10(9)4-8/h2-4,7H,5-6H2,1H3. The summed E-state index contributed by atoms with van der Waals surface area (Å²) >= 11 is 3.28. The Morgan fingerprint density at radius 1 is 1.43 bits per heavy atom. The fraction of sp³-hybridized carbons (Fsp3) is 0.364. The Morgan fingerprint density at radius 2 is 2.14 bits per heavy atom. The maximum Gasteiger partial charge on any atom is 0.176 e. The quantitative estimate of drug-likeness (QED) is 0.600. The maximum absolute atomic E-state index is 11.7. The van der Waals surface area contributed by atoms with Crippen LogP contribution in [-0.4, -0.2) is 10.6 Å². The monoisotopic (exact) mass is 254 g/mol. The molecule has 1 aliphatic rings. The molecule has 1 aromatic carbocycles. The molecule has 14 heavy (non-hydrogen) atoms. The molecule has 0 aromatic heterocycles. The van der Waals surface area contributed by atoms with Crippen LogP contribution < -0.4 is 0 Å². The van der Waals surface area contributed by atoms with E-state index in [0.717, 1.165) is 11.1 Å². The second kappa shape index (κ2) is 3.83. The molecule has 1 atom stereocenters. The molecule has 0 amide bonds. The van der Waals surface area contributed by atoms with Gasteiger partial charge in [0.1, 0.15) is 0 Å². The lowest BCUT2D eigenvalue weighted by Crippen LogP contribution is -2.10. The van der Waals surface area contributed by atoms with Crippen LogP contribution in [0.2, 0.25) is 0 Å². The molecule has 0 radical (unpaired) electrons. The van der Waals surface area contributed by atoms with Gasteiger partial charge in [-0.05, 0) is 24.1 Å². The van der Waals surface area contributed by atoms with Gasteiger partial charge in [0.15, 0.2) is 5.78 Å². The fourth-order valence-corrected chi connectivity index (χ4v) is 1.82. The van der Waals surface area contributed by atoms with Crippen molar-refractivity contribution in [1.82, 2.24) is 0 Å². The lowest BCUT2D eigenvalue weighted by atomic mass is 10.0. The number of rotatable bonds is 2. The zero-order chi connectivity index (χ0) is 10.1. The Morgan fingerprint density at radius 3 is 2.86 bits per heavy atom. The summed E-state index contributed by atoms with van der Waals surface area (Å²) in [5.41, 5.74) is 3.10. The highest BCUT2D eigenvalue weighted by atomic mass is 79.9. The first-order chi connectivity index (χ1) is 6.68. The van der Waals surface area contributed by atoms with E-state index in [1.54, 1.807) is 0 Å². The highest BCUT2D eigenvalue weighted by Crippen LogP contribution is 2.22. The SMILES string of the molecule is CC(Br)C(=O)c1ccc2c(c1)COC2. The summed E-state index contributed by atoms with van der Waals surface area (Å²) in [4.78, 5) is 11.5. The van der Waals surface area contributed by atoms with Gasteiger partial charge in [-0.2, -0.15) is 0 Å². The van der Waals surface area contributed by atoms with Crippen molar-refractivity contribution >= 4 is 21.7 Å². The minimum atomic E-state index is -0.122. The van der Waals surface area contributed by atoms with Crippen molar-refractivity contribution in [2.45, 2.75) is 25.0 Å². The predicted molar refractivity (Wildman–Crippen MR) is 57.7 cm³/mol. The summed E-state index contributed by atoms with van der Waals surface area (Å²) in [6.07, 6.45) is 0. The number of hydrogen-bond donors (Lipinski definition) is 0. The van der Waals surface area contributed by atoms with Crippen molar-refractivity contribution in [1.29, 1.82) is 0 Å². The van der Waals surface area contributed by atoms with Crippen molar-refractivity contribution in [3.63, 3.8) is 0 Å². The lowest BCUT2D eigenvalue weighted by molar-refractivity contribution is 0.0995. The Hall–Kier alpha value is -0.670. The summed E-state index contributed by atoms with van der Waals surface area (Å²) in [6, 6.07) is 5.78. The van der Waals surface area contributed by atoms with Gasteiger partial charge in [0.2, 0.25) is 0 Å². The molecule has 0 fully saturated rings. The van der Waals surface area contributed by atoms with E-state index in [0.29, 0.717) is 13.2 Å². The van der Waals surface area contributed by atoms with Crippen LogP contribution in [-0.2, 0) is 18.0 Å². The third kappa shape index (κ3) is 1.74. The van der Waals surface area contributed by atoms with Gasteiger partial charge in [-0.25, -0.2) is 0 Å². The van der Waals surface area contributed by atoms with Crippen LogP contribution in [0.1, 0.15) is 28.4 Å². The fourth-order valence-electron chi connectivity index (χ4n) is 1.55. The zero-order valence-corrected chi connectivity index (χ0v) is 9.50. The number of hydrogen-bond acceptors (Lipinski definition) is 2. The minimum absolute atomic E-state index is 0.122. The van der Waals surface area contributed by atoms with E-state index in [-0.39, 0.29) is 10.6 Å². The number of carbonyl (C=O) groups excluding carboxylic acids is 1. The van der Waals surface area contributed by atoms with Crippen molar-refractivity contribution in [3.05, 3.63) is 34.9 Å². The van der Waals surface area contributed by atoms with Crippen LogP contribution in [0.5, 0.6) is 0 Å². The summed E-state index contributed by atoms with van der Waals surface area (Å²) in [7, 11) is 0. The highest BCUT2D eigenvalue weighted by molar-refractivity contribution is 9.10. The second-order valence-corrected chi connectivity index (χ2v) is 4.83. The molecule has 0 N–H and O–H groups in total. The average molecular weight is 255 g/mol. The maximum atomic E-state index is 11.7. The van der Waals surface area contributed by atoms with Crippen LogP contribution in [0, 0.1) is 0 Å². The first-order valence-electron chi connectivity index (χ1n) is 4.56. The normalized spacial score (nSPS) is 16.4. The molecule has 74 valence electrons. The number of carbonyl (C=O) groups is 1. The number of Topliss-reactive ketones (excluding diaryl/α,β-unsaturated/α-hetero) is 1. The molecule has 0 bridgehead atoms. The van der Waals surface area contributed by atoms with Crippen LogP contribution in [0.4, 0.5) is 0 Å². The Kier molecular flexibility index (Phi) is 2.70. The Labute approximate surface area is 91.4 Å². The van der Waals surface area contributed by atoms with E-state index in [1.807, 2.05) is 25.1 Å². The van der Waals surface area contributed by atoms with Crippen LogP contribution >= 0.6 is 15.9 Å². The van der Waals surface area contributed by atoms with Crippen molar-refractivity contribution < 1.29 is 9.53 Å². The van der Waals surface area contributed by atoms with Crippen LogP contribution in [0.25, 0.3) is 0 Å². The van der Waals surface area contributed by atoms with Crippen LogP contribution in [0.15, 0.2) is 18.2 Å². The van der Waals surface area contributed by atoms with Gasteiger partial charge < -0.3 is 4.74 Å². The van der Waals surface area contributed by atoms with Gasteiger partial charge >= 0.3 is 0 Å². The van der Waals surface area contributed by atoms with Gasteiger partial charge in [0.05, 0.1) is 18.0 Å². The number of ether oxygens (including phenoxy) is 1. The molecule has 1 aliphatic heterocycles. The Bertz CT molecular complexity index is 372. The number of benzene rings is 1. The van der Waals surface area contributed by atoms with E-state index < -0.39 is 0 Å². The van der Waals surface area contributed by atoms with E-state index in [1.165, 1.54) is 5.56 Å². The van der Waals surface area contributed by atoms with Crippen LogP contribution in [0.3, 0.4) is 0 Å². The molecule has 0 saturated carbocycles. The van der Waals surface area contributed by atoms with E-state index >= 15 is 0 Å². The largest absolute Gasteiger partial charge is 0.372 e. The molecule has 0 aliphatic carbocycles. The molecule has 0 saturated heterocycles. The molecule has 1 unspecified atom stereocenters. The van der Waals surface area contributed by atoms with Gasteiger partial charge in [-0.15, -0.1) is 0 Å². The van der Waals surface area contributed by atoms with E-state index in [2.05, 4.69) is 15.9 Å². The number of alkyl halides is 1. The molecule has 3 heteroatoms. The number of ketones is 1. The predicted octanol–water partition coefficient (Wildman–Crippen LogP) is 2.68. The molecule has 0 spiro atoms. The molecule has 2 nitrogen and oxygen atoms in total. The van der Waals surface area contributed by atoms with Crippen molar-refractivity contribution in [2.24, 2.45) is 0 Å². The van der Waals surface area contributed by atoms with Crippen molar-refractivity contribution in [3.8, 4) is 0 Å². The average Bonchev–Trinajstić information content (AvgIpc) is 2.62. The zero-order valence-electron chi connectivity index (χ0n) is 7.92. The molecule has 2 rings (SSSR count). The van der Waals surface area contributed by atoms with Gasteiger partial charge in [-0.1, -0.05) is 28.1 Å². The number of halogens is 1. The molecular formula is C11H11BrO2. The molecule has 1 aromatic rings. The summed E-state index contributed by atoms with van der Waals surface area (Å²) in [5.74, 6) is 0.125. The summed E-state index contributed by atoms with van der Waals surface area (Å²) in [5, 5.41) is 0. The highest BCUT2D eigenvalue weighted by Gasteiger charge is 2.16. The smallest absolute Gasteiger partial charge is 0.176 e. The second-order valence-electron chi connectivity index (χ2n) is 3.46. The van der Waals surface area contributed by atoms with E-state index in [4.69, 9.17) is 4.74 Å².